The molecule has 0 fully saturated rings. The lowest BCUT2D eigenvalue weighted by Crippen LogP contribution is -1.91. The van der Waals surface area contributed by atoms with Crippen molar-refractivity contribution in [3.8, 4) is 0 Å². The zero-order chi connectivity index (χ0) is 10.8. The molecule has 0 spiro atoms. The minimum Gasteiger partial charge on any atom is -0.396 e. The van der Waals surface area contributed by atoms with Crippen molar-refractivity contribution in [2.45, 2.75) is 6.42 Å². The highest BCUT2D eigenvalue weighted by molar-refractivity contribution is 5.88. The van der Waals surface area contributed by atoms with Gasteiger partial charge < -0.3 is 10.1 Å². The number of rotatable bonds is 3. The number of aromatic nitrogens is 1. The number of benzene rings is 1. The van der Waals surface area contributed by atoms with Crippen LogP contribution < -0.4 is 0 Å². The first-order chi connectivity index (χ1) is 7.22. The van der Waals surface area contributed by atoms with Crippen LogP contribution in [0.25, 0.3) is 10.9 Å². The zero-order valence-electron chi connectivity index (χ0n) is 7.93. The molecule has 0 saturated heterocycles. The number of nitrogens with one attached hydrogen (secondary N) is 1. The van der Waals surface area contributed by atoms with Crippen molar-refractivity contribution in [1.82, 2.24) is 4.98 Å². The fraction of sp³-hybridized carbons (Fsp3) is 0.200. The average Bonchev–Trinajstić information content (AvgIpc) is 2.59. The molecule has 1 aromatic heterocycles. The van der Waals surface area contributed by atoms with E-state index in [1.54, 1.807) is 12.1 Å². The van der Waals surface area contributed by atoms with Crippen LogP contribution in [0, 0.1) is 10.1 Å². The largest absolute Gasteiger partial charge is 0.396 e. The van der Waals surface area contributed by atoms with Crippen molar-refractivity contribution in [1.29, 1.82) is 0 Å². The van der Waals surface area contributed by atoms with Crippen LogP contribution in [0.1, 0.15) is 5.69 Å². The number of hydrogen-bond acceptors (Lipinski definition) is 3. The van der Waals surface area contributed by atoms with Gasteiger partial charge in [-0.1, -0.05) is 12.1 Å². The summed E-state index contributed by atoms with van der Waals surface area (Å²) < 4.78 is 0. The average molecular weight is 206 g/mol. The molecular formula is C10H10N2O3. The van der Waals surface area contributed by atoms with Crippen LogP contribution in [0.4, 0.5) is 5.69 Å². The summed E-state index contributed by atoms with van der Waals surface area (Å²) in [5, 5.41) is 20.3. The third kappa shape index (κ3) is 1.69. The molecule has 5 nitrogen and oxygen atoms in total. The van der Waals surface area contributed by atoms with Gasteiger partial charge in [-0.15, -0.1) is 0 Å². The molecule has 1 heterocycles. The number of aromatic amines is 1. The Morgan fingerprint density at radius 1 is 1.47 bits per heavy atom. The van der Waals surface area contributed by atoms with E-state index < -0.39 is 4.92 Å². The summed E-state index contributed by atoms with van der Waals surface area (Å²) >= 11 is 0. The van der Waals surface area contributed by atoms with Crippen molar-refractivity contribution in [2.75, 3.05) is 6.61 Å². The molecule has 0 aliphatic heterocycles. The second-order valence-corrected chi connectivity index (χ2v) is 3.27. The number of para-hydroxylation sites is 1. The van der Waals surface area contributed by atoms with Gasteiger partial charge in [0, 0.05) is 30.2 Å². The topological polar surface area (TPSA) is 79.2 Å². The predicted octanol–water partition coefficient (Wildman–Crippen LogP) is 1.61. The standard InChI is InChI=1S/C10H10N2O3/c13-5-4-8-6-7-2-1-3-9(12(14)15)10(7)11-8/h1-3,6,11,13H,4-5H2. The number of aliphatic hydroxyl groups is 1. The van der Waals surface area contributed by atoms with E-state index in [-0.39, 0.29) is 12.3 Å². The van der Waals surface area contributed by atoms with Crippen molar-refractivity contribution >= 4 is 16.6 Å². The third-order valence-corrected chi connectivity index (χ3v) is 2.27. The number of nitrogens with zero attached hydrogens (tertiary/aromatic N) is 1. The smallest absolute Gasteiger partial charge is 0.293 e. The van der Waals surface area contributed by atoms with Crippen LogP contribution in [0.15, 0.2) is 24.3 Å². The molecule has 0 radical (unpaired) electrons. The molecule has 0 aliphatic rings. The molecule has 5 heteroatoms. The Morgan fingerprint density at radius 3 is 2.93 bits per heavy atom. The number of nitro benzene ring substituents is 1. The van der Waals surface area contributed by atoms with Gasteiger partial charge in [0.15, 0.2) is 0 Å². The lowest BCUT2D eigenvalue weighted by molar-refractivity contribution is -0.383. The maximum absolute atomic E-state index is 10.7. The van der Waals surface area contributed by atoms with E-state index in [0.717, 1.165) is 11.1 Å². The summed E-state index contributed by atoms with van der Waals surface area (Å²) in [6.45, 7) is 0.0284. The van der Waals surface area contributed by atoms with Gasteiger partial charge in [0.2, 0.25) is 0 Å². The second-order valence-electron chi connectivity index (χ2n) is 3.27. The van der Waals surface area contributed by atoms with Gasteiger partial charge in [-0.2, -0.15) is 0 Å². The maximum atomic E-state index is 10.7. The number of H-pyrrole nitrogens is 1. The number of aliphatic hydroxyl groups excluding tert-OH is 1. The molecule has 1 aromatic carbocycles. The zero-order valence-corrected chi connectivity index (χ0v) is 7.93. The molecular weight excluding hydrogens is 196 g/mol. The van der Waals surface area contributed by atoms with Gasteiger partial charge in [0.1, 0.15) is 5.52 Å². The van der Waals surface area contributed by atoms with Crippen molar-refractivity contribution in [3.05, 3.63) is 40.1 Å². The van der Waals surface area contributed by atoms with Crippen molar-refractivity contribution in [2.24, 2.45) is 0 Å². The molecule has 78 valence electrons. The first-order valence-corrected chi connectivity index (χ1v) is 4.58. The third-order valence-electron chi connectivity index (χ3n) is 2.27. The maximum Gasteiger partial charge on any atom is 0.293 e. The summed E-state index contributed by atoms with van der Waals surface area (Å²) in [4.78, 5) is 13.2. The normalized spacial score (nSPS) is 10.7. The summed E-state index contributed by atoms with van der Waals surface area (Å²) in [6.07, 6.45) is 0.478. The van der Waals surface area contributed by atoms with Crippen LogP contribution in [0.5, 0.6) is 0 Å². The lowest BCUT2D eigenvalue weighted by atomic mass is 10.2. The fourth-order valence-corrected chi connectivity index (χ4v) is 1.61. The molecule has 2 N–H and O–H groups in total. The van der Waals surface area contributed by atoms with E-state index >= 15 is 0 Å². The van der Waals surface area contributed by atoms with Crippen LogP contribution in [0.3, 0.4) is 0 Å². The number of nitro groups is 1. The Balaban J connectivity index is 2.59. The second kappa shape index (κ2) is 3.70. The molecule has 15 heavy (non-hydrogen) atoms. The monoisotopic (exact) mass is 206 g/mol. The fourth-order valence-electron chi connectivity index (χ4n) is 1.61. The first kappa shape index (κ1) is 9.67. The van der Waals surface area contributed by atoms with E-state index in [9.17, 15) is 10.1 Å². The van der Waals surface area contributed by atoms with Gasteiger partial charge in [0.05, 0.1) is 4.92 Å². The molecule has 2 rings (SSSR count). The molecule has 0 unspecified atom stereocenters. The van der Waals surface area contributed by atoms with Crippen LogP contribution in [-0.4, -0.2) is 21.6 Å². The molecule has 0 amide bonds. The minimum atomic E-state index is -0.415. The highest BCUT2D eigenvalue weighted by Crippen LogP contribution is 2.25. The van der Waals surface area contributed by atoms with Crippen LogP contribution in [0.2, 0.25) is 0 Å². The predicted molar refractivity (Wildman–Crippen MR) is 55.7 cm³/mol. The van der Waals surface area contributed by atoms with Crippen LogP contribution in [-0.2, 0) is 6.42 Å². The van der Waals surface area contributed by atoms with Crippen molar-refractivity contribution in [3.63, 3.8) is 0 Å². The van der Waals surface area contributed by atoms with Crippen molar-refractivity contribution < 1.29 is 10.0 Å². The lowest BCUT2D eigenvalue weighted by Gasteiger charge is -1.92. The Labute approximate surface area is 85.5 Å². The van der Waals surface area contributed by atoms with Gasteiger partial charge in [0.25, 0.3) is 5.69 Å². The Bertz CT molecular complexity index is 504. The van der Waals surface area contributed by atoms with E-state index in [4.69, 9.17) is 5.11 Å². The summed E-state index contributed by atoms with van der Waals surface area (Å²) in [6, 6.07) is 6.73. The quantitative estimate of drug-likeness (QED) is 0.591. The molecule has 0 saturated carbocycles. The minimum absolute atomic E-state index is 0.0284. The van der Waals surface area contributed by atoms with Crippen LogP contribution >= 0.6 is 0 Å². The number of non-ortho nitro benzene ring substituents is 1. The SMILES string of the molecule is O=[N+]([O-])c1cccc2cc(CCO)[nH]c12. The summed E-state index contributed by atoms with van der Waals surface area (Å²) in [7, 11) is 0. The highest BCUT2D eigenvalue weighted by atomic mass is 16.6. The van der Waals surface area contributed by atoms with E-state index in [1.807, 2.05) is 6.07 Å². The summed E-state index contributed by atoms with van der Waals surface area (Å²) in [5.74, 6) is 0. The summed E-state index contributed by atoms with van der Waals surface area (Å²) in [5.41, 5.74) is 1.39. The van der Waals surface area contributed by atoms with E-state index in [2.05, 4.69) is 4.98 Å². The first-order valence-electron chi connectivity index (χ1n) is 4.58. The highest BCUT2D eigenvalue weighted by Gasteiger charge is 2.13. The van der Waals surface area contributed by atoms with Gasteiger partial charge in [-0.25, -0.2) is 0 Å². The Hall–Kier alpha value is -1.88. The van der Waals surface area contributed by atoms with E-state index in [0.29, 0.717) is 11.9 Å². The van der Waals surface area contributed by atoms with Gasteiger partial charge in [-0.3, -0.25) is 10.1 Å². The Kier molecular flexibility index (Phi) is 2.39. The molecule has 0 aliphatic carbocycles. The molecule has 0 atom stereocenters. The number of hydrogen-bond donors (Lipinski definition) is 2. The van der Waals surface area contributed by atoms with E-state index in [1.165, 1.54) is 6.07 Å². The number of fused-ring (bicyclic) bond motifs is 1. The van der Waals surface area contributed by atoms with Gasteiger partial charge >= 0.3 is 0 Å². The van der Waals surface area contributed by atoms with Gasteiger partial charge in [-0.05, 0) is 6.07 Å². The Morgan fingerprint density at radius 2 is 2.27 bits per heavy atom. The molecule has 2 aromatic rings. The molecule has 0 bridgehead atoms.